The first-order valence-electron chi connectivity index (χ1n) is 12.6. The number of urea groups is 1. The highest BCUT2D eigenvalue weighted by molar-refractivity contribution is 6.19. The third-order valence-corrected chi connectivity index (χ3v) is 6.86. The van der Waals surface area contributed by atoms with Crippen molar-refractivity contribution in [2.24, 2.45) is 5.41 Å². The van der Waals surface area contributed by atoms with Gasteiger partial charge in [-0.25, -0.2) is 9.59 Å². The van der Waals surface area contributed by atoms with E-state index in [1.54, 1.807) is 24.3 Å². The van der Waals surface area contributed by atoms with Crippen LogP contribution in [0.5, 0.6) is 5.75 Å². The summed E-state index contributed by atoms with van der Waals surface area (Å²) in [5.74, 6) is -3.65. The minimum absolute atomic E-state index is 0.143. The van der Waals surface area contributed by atoms with Gasteiger partial charge in [-0.05, 0) is 62.6 Å². The van der Waals surface area contributed by atoms with Crippen molar-refractivity contribution in [1.29, 1.82) is 0 Å². The lowest BCUT2D eigenvalue weighted by molar-refractivity contribution is -0.192. The number of amides is 5. The van der Waals surface area contributed by atoms with Crippen molar-refractivity contribution in [1.82, 2.24) is 20.9 Å². The number of benzene rings is 2. The van der Waals surface area contributed by atoms with E-state index in [4.69, 9.17) is 14.6 Å². The molecule has 2 fully saturated rings. The molecule has 11 nitrogen and oxygen atoms in total. The van der Waals surface area contributed by atoms with Crippen LogP contribution >= 0.6 is 0 Å². The van der Waals surface area contributed by atoms with Gasteiger partial charge in [-0.15, -0.1) is 0 Å². The Labute approximate surface area is 236 Å². The number of carboxylic acid groups (broad SMARTS) is 1. The molecule has 1 saturated carbocycles. The number of aromatic nitrogens is 1. The SMILES string of the molecule is Cc1cc(COc2ccc(C(=O)N[C@@H]3CCC4(C3)C(=O)NC(=O)NC4=O)cc2)c2ccccc2n1.O=C(O)C(F)(F)F. The average Bonchev–Trinajstić information content (AvgIpc) is 3.35. The molecule has 0 bridgehead atoms. The number of ether oxygens (including phenoxy) is 1. The number of hydrogen-bond acceptors (Lipinski definition) is 7. The molecule has 0 radical (unpaired) electrons. The van der Waals surface area contributed by atoms with E-state index in [9.17, 15) is 32.3 Å². The second-order valence-corrected chi connectivity index (χ2v) is 9.79. The molecule has 0 unspecified atom stereocenters. The summed E-state index contributed by atoms with van der Waals surface area (Å²) in [5.41, 5.74) is 1.98. The monoisotopic (exact) mass is 586 g/mol. The minimum Gasteiger partial charge on any atom is -0.489 e. The van der Waals surface area contributed by atoms with Crippen LogP contribution in [-0.4, -0.2) is 52.0 Å². The van der Waals surface area contributed by atoms with Gasteiger partial charge in [0.2, 0.25) is 11.8 Å². The van der Waals surface area contributed by atoms with Crippen LogP contribution in [0.2, 0.25) is 0 Å². The van der Waals surface area contributed by atoms with E-state index in [0.29, 0.717) is 24.3 Å². The van der Waals surface area contributed by atoms with E-state index in [1.165, 1.54) is 0 Å². The molecule has 1 aliphatic heterocycles. The van der Waals surface area contributed by atoms with E-state index in [0.717, 1.165) is 22.2 Å². The Kier molecular flexibility index (Phi) is 8.45. The number of barbiturate groups is 1. The topological polar surface area (TPSA) is 164 Å². The maximum absolute atomic E-state index is 12.7. The fourth-order valence-electron chi connectivity index (χ4n) is 4.81. The largest absolute Gasteiger partial charge is 0.490 e. The Morgan fingerprint density at radius 3 is 2.31 bits per heavy atom. The number of carbonyl (C=O) groups excluding carboxylic acids is 4. The molecule has 1 aromatic heterocycles. The van der Waals surface area contributed by atoms with Crippen LogP contribution in [0.25, 0.3) is 10.9 Å². The van der Waals surface area contributed by atoms with Crippen molar-refractivity contribution < 1.29 is 47.0 Å². The molecule has 4 N–H and O–H groups in total. The van der Waals surface area contributed by atoms with E-state index in [-0.39, 0.29) is 24.8 Å². The van der Waals surface area contributed by atoms with E-state index in [1.807, 2.05) is 37.3 Å². The first kappa shape index (κ1) is 30.0. The zero-order valence-corrected chi connectivity index (χ0v) is 22.1. The number of alkyl halides is 3. The fourth-order valence-corrected chi connectivity index (χ4v) is 4.81. The molecule has 1 aliphatic carbocycles. The first-order chi connectivity index (χ1) is 19.8. The molecule has 1 atom stereocenters. The number of hydrogen-bond donors (Lipinski definition) is 4. The molecule has 220 valence electrons. The van der Waals surface area contributed by atoms with Crippen LogP contribution in [0.3, 0.4) is 0 Å². The molecule has 2 heterocycles. The van der Waals surface area contributed by atoms with E-state index in [2.05, 4.69) is 20.9 Å². The molecule has 2 aliphatic rings. The fraction of sp³-hybridized carbons (Fsp3) is 0.286. The second-order valence-electron chi connectivity index (χ2n) is 9.79. The summed E-state index contributed by atoms with van der Waals surface area (Å²) in [6.07, 6.45) is -4.22. The second kappa shape index (κ2) is 11.8. The molecule has 3 aromatic rings. The Hall–Kier alpha value is -5.01. The van der Waals surface area contributed by atoms with Crippen molar-refractivity contribution in [2.75, 3.05) is 0 Å². The van der Waals surface area contributed by atoms with Crippen LogP contribution in [0, 0.1) is 12.3 Å². The molecule has 1 spiro atoms. The number of carbonyl (C=O) groups is 5. The molecular formula is C28H25F3N4O7. The van der Waals surface area contributed by atoms with Gasteiger partial charge in [0.25, 0.3) is 5.91 Å². The quantitative estimate of drug-likeness (QED) is 0.331. The predicted octanol–water partition coefficient (Wildman–Crippen LogP) is 3.39. The number of halogens is 3. The summed E-state index contributed by atoms with van der Waals surface area (Å²) < 4.78 is 37.7. The van der Waals surface area contributed by atoms with Gasteiger partial charge >= 0.3 is 18.2 Å². The van der Waals surface area contributed by atoms with Gasteiger partial charge in [0.1, 0.15) is 17.8 Å². The Bertz CT molecular complexity index is 1540. The number of carboxylic acids is 1. The number of aryl methyl sites for hydroxylation is 1. The van der Waals surface area contributed by atoms with Gasteiger partial charge in [0, 0.05) is 28.2 Å². The van der Waals surface area contributed by atoms with Crippen molar-refractivity contribution in [3.63, 3.8) is 0 Å². The van der Waals surface area contributed by atoms with E-state index >= 15 is 0 Å². The number of rotatable bonds is 5. The molecule has 42 heavy (non-hydrogen) atoms. The van der Waals surface area contributed by atoms with Crippen LogP contribution in [-0.2, 0) is 21.0 Å². The summed E-state index contributed by atoms with van der Waals surface area (Å²) in [6.45, 7) is 2.31. The first-order valence-corrected chi connectivity index (χ1v) is 12.6. The minimum atomic E-state index is -5.08. The maximum Gasteiger partial charge on any atom is 0.490 e. The molecule has 14 heteroatoms. The van der Waals surface area contributed by atoms with Crippen molar-refractivity contribution in [3.05, 3.63) is 71.4 Å². The highest BCUT2D eigenvalue weighted by Crippen LogP contribution is 2.40. The summed E-state index contributed by atoms with van der Waals surface area (Å²) >= 11 is 0. The maximum atomic E-state index is 12.7. The third kappa shape index (κ3) is 6.65. The normalized spacial score (nSPS) is 17.6. The lowest BCUT2D eigenvalue weighted by Crippen LogP contribution is -2.61. The summed E-state index contributed by atoms with van der Waals surface area (Å²) in [7, 11) is 0. The van der Waals surface area contributed by atoms with Crippen LogP contribution in [0.1, 0.15) is 40.9 Å². The van der Waals surface area contributed by atoms with Crippen LogP contribution < -0.4 is 20.7 Å². The number of imide groups is 2. The highest BCUT2D eigenvalue weighted by atomic mass is 19.4. The van der Waals surface area contributed by atoms with E-state index < -0.39 is 35.4 Å². The van der Waals surface area contributed by atoms with Crippen LogP contribution in [0.15, 0.2) is 54.6 Å². The van der Waals surface area contributed by atoms with Gasteiger partial charge in [0.15, 0.2) is 0 Å². The summed E-state index contributed by atoms with van der Waals surface area (Å²) in [5, 5.41) is 15.4. The number of fused-ring (bicyclic) bond motifs is 1. The molecule has 5 rings (SSSR count). The van der Waals surface area contributed by atoms with Crippen molar-refractivity contribution in [3.8, 4) is 5.75 Å². The van der Waals surface area contributed by atoms with Gasteiger partial charge in [-0.1, -0.05) is 18.2 Å². The number of aliphatic carboxylic acids is 1. The number of nitrogens with one attached hydrogen (secondary N) is 3. The number of nitrogens with zero attached hydrogens (tertiary/aromatic N) is 1. The Morgan fingerprint density at radius 1 is 1.07 bits per heavy atom. The Balaban J connectivity index is 0.000000517. The van der Waals surface area contributed by atoms with Crippen molar-refractivity contribution >= 4 is 40.6 Å². The summed E-state index contributed by atoms with van der Waals surface area (Å²) in [4.78, 5) is 62.2. The standard InChI is InChI=1S/C26H24N4O5.C2HF3O2/c1-15-12-17(20-4-2-3-5-21(20)27-15)14-35-19-8-6-16(7-9-19)22(31)28-18-10-11-26(13-18)23(32)29-25(34)30-24(26)33;3-2(4,5)1(6)7/h2-9,12,18H,10-11,13-14H2,1H3,(H,28,31)(H2,29,30,32,33,34);(H,6,7)/t18-;/m1./s1. The zero-order valence-electron chi connectivity index (χ0n) is 22.1. The van der Waals surface area contributed by atoms with Crippen LogP contribution in [0.4, 0.5) is 18.0 Å². The lowest BCUT2D eigenvalue weighted by Gasteiger charge is -2.30. The zero-order chi connectivity index (χ0) is 30.7. The molecular weight excluding hydrogens is 561 g/mol. The summed E-state index contributed by atoms with van der Waals surface area (Å²) in [6, 6.07) is 15.5. The van der Waals surface area contributed by atoms with Gasteiger partial charge < -0.3 is 15.2 Å². The van der Waals surface area contributed by atoms with Gasteiger partial charge in [-0.3, -0.25) is 30.0 Å². The highest BCUT2D eigenvalue weighted by Gasteiger charge is 2.54. The number of pyridine rings is 1. The molecule has 1 saturated heterocycles. The third-order valence-electron chi connectivity index (χ3n) is 6.86. The predicted molar refractivity (Wildman–Crippen MR) is 140 cm³/mol. The smallest absolute Gasteiger partial charge is 0.489 e. The number of para-hydroxylation sites is 1. The molecule has 2 aromatic carbocycles. The average molecular weight is 587 g/mol. The van der Waals surface area contributed by atoms with Gasteiger partial charge in [-0.2, -0.15) is 13.2 Å². The Morgan fingerprint density at radius 2 is 1.69 bits per heavy atom. The molecule has 5 amide bonds. The van der Waals surface area contributed by atoms with Crippen molar-refractivity contribution in [2.45, 2.75) is 45.0 Å². The lowest BCUT2D eigenvalue weighted by atomic mass is 9.82. The van der Waals surface area contributed by atoms with Gasteiger partial charge in [0.05, 0.1) is 5.52 Å².